The van der Waals surface area contributed by atoms with Gasteiger partial charge >= 0.3 is 0 Å². The zero-order chi connectivity index (χ0) is 16.9. The molecule has 0 bridgehead atoms. The number of carbonyl (C=O) groups excluding carboxylic acids is 2. The van der Waals surface area contributed by atoms with E-state index in [-0.39, 0.29) is 17.4 Å². The summed E-state index contributed by atoms with van der Waals surface area (Å²) in [6.45, 7) is 1.93. The third-order valence-electron chi connectivity index (χ3n) is 4.13. The Morgan fingerprint density at radius 1 is 1.30 bits per heavy atom. The lowest BCUT2D eigenvalue weighted by molar-refractivity contribution is -0.138. The van der Waals surface area contributed by atoms with Crippen molar-refractivity contribution in [2.45, 2.75) is 31.6 Å². The Bertz CT molecular complexity index is 721. The number of carbonyl (C=O) groups is 2. The Labute approximate surface area is 134 Å². The minimum atomic E-state index is -0.688. The highest BCUT2D eigenvalue weighted by Gasteiger charge is 2.42. The zero-order valence-electron chi connectivity index (χ0n) is 12.7. The number of amides is 2. The van der Waals surface area contributed by atoms with Crippen LogP contribution in [0.2, 0.25) is 0 Å². The molecule has 116 valence electrons. The van der Waals surface area contributed by atoms with E-state index in [9.17, 15) is 9.59 Å². The summed E-state index contributed by atoms with van der Waals surface area (Å²) < 4.78 is 0. The average molecular weight is 308 g/mol. The van der Waals surface area contributed by atoms with Crippen LogP contribution in [0.5, 0.6) is 0 Å². The fourth-order valence-electron chi connectivity index (χ4n) is 2.70. The number of hydrogen-bond acceptors (Lipinski definition) is 5. The minimum Gasteiger partial charge on any atom is -0.360 e. The topological polar surface area (TPSA) is 106 Å². The van der Waals surface area contributed by atoms with E-state index in [0.29, 0.717) is 24.9 Å². The second-order valence-electron chi connectivity index (χ2n) is 5.32. The molecule has 1 aromatic carbocycles. The molecule has 1 aliphatic heterocycles. The van der Waals surface area contributed by atoms with Gasteiger partial charge in [0.1, 0.15) is 17.7 Å². The van der Waals surface area contributed by atoms with E-state index < -0.39 is 5.41 Å². The summed E-state index contributed by atoms with van der Waals surface area (Å²) in [4.78, 5) is 23.7. The van der Waals surface area contributed by atoms with Gasteiger partial charge in [-0.05, 0) is 30.5 Å². The number of nitriles is 2. The lowest BCUT2D eigenvalue weighted by Gasteiger charge is -2.35. The summed E-state index contributed by atoms with van der Waals surface area (Å²) in [6, 6.07) is 10.7. The normalized spacial score (nSPS) is 20.0. The molecule has 23 heavy (non-hydrogen) atoms. The third kappa shape index (κ3) is 3.22. The average Bonchev–Trinajstić information content (AvgIpc) is 2.57. The third-order valence-corrected chi connectivity index (χ3v) is 4.13. The molecule has 2 amide bonds. The van der Waals surface area contributed by atoms with E-state index in [0.717, 1.165) is 5.56 Å². The molecule has 1 saturated heterocycles. The molecular formula is C17H16N4O2. The van der Waals surface area contributed by atoms with Crippen molar-refractivity contribution in [3.63, 3.8) is 0 Å². The number of nitrogens with zero attached hydrogens (tertiary/aromatic N) is 2. The standard InChI is InChI=1S/C17H16N4O2/c1-2-17(8-7-15(22)21-16(17)23)13-3-5-14(6-4-13)20-11-12(9-18)10-19/h3-6,11,20H,2,7-8H2,1H3,(H,21,22,23). The number of anilines is 1. The second kappa shape index (κ2) is 6.76. The van der Waals surface area contributed by atoms with Crippen LogP contribution in [-0.2, 0) is 15.0 Å². The minimum absolute atomic E-state index is 0.0238. The lowest BCUT2D eigenvalue weighted by atomic mass is 9.72. The lowest BCUT2D eigenvalue weighted by Crippen LogP contribution is -2.51. The molecule has 1 fully saturated rings. The fourth-order valence-corrected chi connectivity index (χ4v) is 2.70. The number of imide groups is 1. The molecule has 1 unspecified atom stereocenters. The number of rotatable bonds is 4. The first-order valence-electron chi connectivity index (χ1n) is 7.27. The van der Waals surface area contributed by atoms with Crippen LogP contribution < -0.4 is 10.6 Å². The van der Waals surface area contributed by atoms with Crippen LogP contribution >= 0.6 is 0 Å². The van der Waals surface area contributed by atoms with Crippen LogP contribution in [0.3, 0.4) is 0 Å². The first-order chi connectivity index (χ1) is 11.1. The van der Waals surface area contributed by atoms with E-state index in [4.69, 9.17) is 10.5 Å². The van der Waals surface area contributed by atoms with Gasteiger partial charge in [-0.15, -0.1) is 0 Å². The predicted octanol–water partition coefficient (Wildman–Crippen LogP) is 2.11. The van der Waals surface area contributed by atoms with Gasteiger partial charge in [-0.2, -0.15) is 10.5 Å². The van der Waals surface area contributed by atoms with Crippen LogP contribution in [0.15, 0.2) is 36.0 Å². The van der Waals surface area contributed by atoms with Crippen LogP contribution in [0, 0.1) is 22.7 Å². The first-order valence-corrected chi connectivity index (χ1v) is 7.27. The van der Waals surface area contributed by atoms with Gasteiger partial charge < -0.3 is 5.32 Å². The van der Waals surface area contributed by atoms with Gasteiger partial charge in [0.05, 0.1) is 5.41 Å². The summed E-state index contributed by atoms with van der Waals surface area (Å²) in [6.07, 6.45) is 2.76. The molecule has 1 heterocycles. The number of nitrogens with one attached hydrogen (secondary N) is 2. The van der Waals surface area contributed by atoms with E-state index >= 15 is 0 Å². The first kappa shape index (κ1) is 16.3. The highest BCUT2D eigenvalue weighted by molar-refractivity contribution is 6.03. The van der Waals surface area contributed by atoms with Crippen LogP contribution in [-0.4, -0.2) is 11.8 Å². The maximum absolute atomic E-state index is 12.3. The fraction of sp³-hybridized carbons (Fsp3) is 0.294. The largest absolute Gasteiger partial charge is 0.360 e. The maximum Gasteiger partial charge on any atom is 0.237 e. The monoisotopic (exact) mass is 308 g/mol. The Hall–Kier alpha value is -3.12. The van der Waals surface area contributed by atoms with Crippen molar-refractivity contribution < 1.29 is 9.59 Å². The molecule has 1 aliphatic rings. The van der Waals surface area contributed by atoms with Gasteiger partial charge in [0.2, 0.25) is 11.8 Å². The van der Waals surface area contributed by atoms with Gasteiger partial charge in [-0.25, -0.2) is 0 Å². The smallest absolute Gasteiger partial charge is 0.237 e. The molecule has 2 N–H and O–H groups in total. The molecular weight excluding hydrogens is 292 g/mol. The van der Waals surface area contributed by atoms with Crippen molar-refractivity contribution >= 4 is 17.5 Å². The molecule has 0 saturated carbocycles. The van der Waals surface area contributed by atoms with Gasteiger partial charge in [-0.3, -0.25) is 14.9 Å². The molecule has 0 spiro atoms. The summed E-state index contributed by atoms with van der Waals surface area (Å²) >= 11 is 0. The molecule has 6 nitrogen and oxygen atoms in total. The molecule has 1 aromatic rings. The van der Waals surface area contributed by atoms with Crippen molar-refractivity contribution in [3.05, 3.63) is 41.6 Å². The molecule has 0 aromatic heterocycles. The van der Waals surface area contributed by atoms with E-state index in [1.807, 2.05) is 19.1 Å². The molecule has 6 heteroatoms. The van der Waals surface area contributed by atoms with Crippen molar-refractivity contribution in [3.8, 4) is 12.1 Å². The quantitative estimate of drug-likeness (QED) is 0.654. The predicted molar refractivity (Wildman–Crippen MR) is 83.7 cm³/mol. The highest BCUT2D eigenvalue weighted by Crippen LogP contribution is 2.36. The Balaban J connectivity index is 2.23. The summed E-state index contributed by atoms with van der Waals surface area (Å²) in [5.74, 6) is -0.490. The summed E-state index contributed by atoms with van der Waals surface area (Å²) in [7, 11) is 0. The highest BCUT2D eigenvalue weighted by atomic mass is 16.2. The number of allylic oxidation sites excluding steroid dienone is 1. The summed E-state index contributed by atoms with van der Waals surface area (Å²) in [5, 5.41) is 22.6. The van der Waals surface area contributed by atoms with Crippen LogP contribution in [0.25, 0.3) is 0 Å². The number of benzene rings is 1. The maximum atomic E-state index is 12.3. The van der Waals surface area contributed by atoms with Crippen molar-refractivity contribution in [1.29, 1.82) is 10.5 Å². The SMILES string of the molecule is CCC1(c2ccc(NC=C(C#N)C#N)cc2)CCC(=O)NC1=O. The van der Waals surface area contributed by atoms with E-state index in [2.05, 4.69) is 10.6 Å². The molecule has 2 rings (SSSR count). The van der Waals surface area contributed by atoms with Crippen LogP contribution in [0.4, 0.5) is 5.69 Å². The Morgan fingerprint density at radius 2 is 1.96 bits per heavy atom. The molecule has 0 radical (unpaired) electrons. The van der Waals surface area contributed by atoms with Crippen molar-refractivity contribution in [1.82, 2.24) is 5.32 Å². The van der Waals surface area contributed by atoms with Gasteiger partial charge in [0.15, 0.2) is 0 Å². The summed E-state index contributed by atoms with van der Waals surface area (Å²) in [5.41, 5.74) is 0.840. The van der Waals surface area contributed by atoms with Gasteiger partial charge in [0, 0.05) is 18.3 Å². The van der Waals surface area contributed by atoms with E-state index in [1.54, 1.807) is 24.3 Å². The van der Waals surface area contributed by atoms with Gasteiger partial charge in [-0.1, -0.05) is 19.1 Å². The Kier molecular flexibility index (Phi) is 4.78. The van der Waals surface area contributed by atoms with Gasteiger partial charge in [0.25, 0.3) is 0 Å². The number of hydrogen-bond donors (Lipinski definition) is 2. The van der Waals surface area contributed by atoms with E-state index in [1.165, 1.54) is 6.20 Å². The molecule has 1 atom stereocenters. The van der Waals surface area contributed by atoms with Crippen molar-refractivity contribution in [2.24, 2.45) is 0 Å². The zero-order valence-corrected chi connectivity index (χ0v) is 12.7. The Morgan fingerprint density at radius 3 is 2.48 bits per heavy atom. The van der Waals surface area contributed by atoms with Crippen LogP contribution in [0.1, 0.15) is 31.7 Å². The van der Waals surface area contributed by atoms with Crippen molar-refractivity contribution in [2.75, 3.05) is 5.32 Å². The second-order valence-corrected chi connectivity index (χ2v) is 5.32. The molecule has 0 aliphatic carbocycles. The number of piperidine rings is 1.